The summed E-state index contributed by atoms with van der Waals surface area (Å²) in [5, 5.41) is 15.5. The van der Waals surface area contributed by atoms with Gasteiger partial charge >= 0.3 is 5.97 Å². The number of nitrogens with zero attached hydrogens (tertiary/aromatic N) is 1. The molecule has 0 saturated heterocycles. The first-order valence-corrected chi connectivity index (χ1v) is 10.2. The van der Waals surface area contributed by atoms with Gasteiger partial charge in [-0.1, -0.05) is 41.5 Å². The number of carbonyl (C=O) groups is 3. The van der Waals surface area contributed by atoms with Gasteiger partial charge in [0.15, 0.2) is 17.3 Å². The first-order valence-electron chi connectivity index (χ1n) is 9.39. The van der Waals surface area contributed by atoms with Crippen LogP contribution < -0.4 is 10.6 Å². The lowest BCUT2D eigenvalue weighted by Gasteiger charge is -2.24. The summed E-state index contributed by atoms with van der Waals surface area (Å²) in [6, 6.07) is -0.853. The molecular formula is C19H31N3O5S. The fraction of sp³-hybridized carbons (Fsp3) is 0.684. The number of ether oxygens (including phenoxy) is 1. The number of rotatable bonds is 9. The second-order valence-electron chi connectivity index (χ2n) is 7.73. The number of aliphatic hydroxyl groups is 1. The molecule has 28 heavy (non-hydrogen) atoms. The van der Waals surface area contributed by atoms with Crippen LogP contribution in [0, 0.1) is 11.8 Å². The van der Waals surface area contributed by atoms with Gasteiger partial charge in [0, 0.05) is 11.1 Å². The Hall–Kier alpha value is -2.00. The van der Waals surface area contributed by atoms with E-state index < -0.39 is 36.0 Å². The molecule has 9 heteroatoms. The summed E-state index contributed by atoms with van der Waals surface area (Å²) in [5.74, 6) is -2.22. The van der Waals surface area contributed by atoms with Gasteiger partial charge in [0.2, 0.25) is 5.91 Å². The van der Waals surface area contributed by atoms with Crippen molar-refractivity contribution in [2.45, 2.75) is 72.6 Å². The van der Waals surface area contributed by atoms with E-state index in [9.17, 15) is 19.5 Å². The van der Waals surface area contributed by atoms with E-state index in [0.717, 1.165) is 4.88 Å². The average Bonchev–Trinajstić information content (AvgIpc) is 3.06. The smallest absolute Gasteiger partial charge is 0.336 e. The lowest BCUT2D eigenvalue weighted by molar-refractivity contribution is -0.168. The maximum Gasteiger partial charge on any atom is 0.336 e. The number of nitrogens with one attached hydrogen (secondary N) is 2. The van der Waals surface area contributed by atoms with E-state index in [1.807, 2.05) is 13.8 Å². The largest absolute Gasteiger partial charge is 0.450 e. The van der Waals surface area contributed by atoms with E-state index in [1.54, 1.807) is 33.9 Å². The number of aromatic nitrogens is 1. The molecule has 0 aliphatic rings. The predicted octanol–water partition coefficient (Wildman–Crippen LogP) is 2.29. The summed E-state index contributed by atoms with van der Waals surface area (Å²) >= 11 is 1.38. The highest BCUT2D eigenvalue weighted by Crippen LogP contribution is 2.25. The van der Waals surface area contributed by atoms with E-state index in [2.05, 4.69) is 15.6 Å². The minimum Gasteiger partial charge on any atom is -0.450 e. The van der Waals surface area contributed by atoms with Crippen LogP contribution in [0.5, 0.6) is 0 Å². The van der Waals surface area contributed by atoms with Crippen LogP contribution in [0.25, 0.3) is 0 Å². The molecule has 1 heterocycles. The molecule has 0 bridgehead atoms. The Balaban J connectivity index is 2.70. The van der Waals surface area contributed by atoms with Crippen molar-refractivity contribution in [3.8, 4) is 0 Å². The molecular weight excluding hydrogens is 382 g/mol. The standard InChI is InChI=1S/C19H31N3O5S/c1-9(2)13-8-20-19(28-13)22-16(24)12(7)21-17(25)15(11(5)6)27-18(26)14(23)10(3)4/h8-12,14-15,23H,1-7H3,(H,21,25)(H,20,22,24). The summed E-state index contributed by atoms with van der Waals surface area (Å²) in [6.07, 6.45) is -0.707. The van der Waals surface area contributed by atoms with Gasteiger partial charge in [-0.2, -0.15) is 0 Å². The van der Waals surface area contributed by atoms with Crippen LogP contribution in [-0.4, -0.2) is 46.1 Å². The van der Waals surface area contributed by atoms with Crippen molar-refractivity contribution in [3.63, 3.8) is 0 Å². The summed E-state index contributed by atoms with van der Waals surface area (Å²) < 4.78 is 5.18. The molecule has 0 spiro atoms. The van der Waals surface area contributed by atoms with Crippen molar-refractivity contribution in [2.24, 2.45) is 11.8 Å². The maximum absolute atomic E-state index is 12.5. The lowest BCUT2D eigenvalue weighted by atomic mass is 10.0. The maximum atomic E-state index is 12.5. The summed E-state index contributed by atoms with van der Waals surface area (Å²) in [6.45, 7) is 12.4. The van der Waals surface area contributed by atoms with Crippen LogP contribution in [0.15, 0.2) is 6.20 Å². The minimum absolute atomic E-state index is 0.308. The highest BCUT2D eigenvalue weighted by atomic mass is 32.1. The normalized spacial score (nSPS) is 14.7. The molecule has 3 atom stereocenters. The van der Waals surface area contributed by atoms with Crippen LogP contribution in [0.2, 0.25) is 0 Å². The number of carbonyl (C=O) groups excluding carboxylic acids is 3. The van der Waals surface area contributed by atoms with Crippen molar-refractivity contribution in [1.82, 2.24) is 10.3 Å². The van der Waals surface area contributed by atoms with Gasteiger partial charge in [-0.25, -0.2) is 9.78 Å². The second kappa shape index (κ2) is 10.5. The quantitative estimate of drug-likeness (QED) is 0.535. The Morgan fingerprint density at radius 2 is 1.64 bits per heavy atom. The molecule has 3 unspecified atom stereocenters. The molecule has 1 rings (SSSR count). The van der Waals surface area contributed by atoms with Crippen molar-refractivity contribution in [3.05, 3.63) is 11.1 Å². The molecule has 0 saturated carbocycles. The van der Waals surface area contributed by atoms with Gasteiger partial charge in [-0.3, -0.25) is 9.59 Å². The van der Waals surface area contributed by atoms with Crippen LogP contribution >= 0.6 is 11.3 Å². The summed E-state index contributed by atoms with van der Waals surface area (Å²) in [4.78, 5) is 42.0. The van der Waals surface area contributed by atoms with Crippen LogP contribution in [0.4, 0.5) is 5.13 Å². The van der Waals surface area contributed by atoms with Crippen LogP contribution in [-0.2, 0) is 19.1 Å². The molecule has 158 valence electrons. The topological polar surface area (TPSA) is 118 Å². The van der Waals surface area contributed by atoms with E-state index >= 15 is 0 Å². The molecule has 0 aliphatic carbocycles. The Labute approximate surface area is 170 Å². The third kappa shape index (κ3) is 6.87. The number of aliphatic hydroxyl groups excluding tert-OH is 1. The van der Waals surface area contributed by atoms with Gasteiger partial charge in [-0.15, -0.1) is 11.3 Å². The van der Waals surface area contributed by atoms with E-state index in [1.165, 1.54) is 18.3 Å². The number of esters is 1. The molecule has 1 aromatic rings. The molecule has 0 fully saturated rings. The third-order valence-electron chi connectivity index (χ3n) is 4.05. The predicted molar refractivity (Wildman–Crippen MR) is 108 cm³/mol. The van der Waals surface area contributed by atoms with Crippen LogP contribution in [0.1, 0.15) is 59.3 Å². The minimum atomic E-state index is -1.31. The van der Waals surface area contributed by atoms with Gasteiger partial charge in [0.05, 0.1) is 0 Å². The average molecular weight is 414 g/mol. The molecule has 2 amide bonds. The number of anilines is 1. The molecule has 8 nitrogen and oxygen atoms in total. The Morgan fingerprint density at radius 1 is 1.04 bits per heavy atom. The SMILES string of the molecule is CC(NC(=O)C(OC(=O)C(O)C(C)C)C(C)C)C(=O)Nc1ncc(C(C)C)s1. The van der Waals surface area contributed by atoms with Crippen molar-refractivity contribution in [1.29, 1.82) is 0 Å². The number of amides is 2. The van der Waals surface area contributed by atoms with Crippen molar-refractivity contribution >= 4 is 34.3 Å². The van der Waals surface area contributed by atoms with E-state index in [4.69, 9.17) is 4.74 Å². The fourth-order valence-corrected chi connectivity index (χ4v) is 2.97. The molecule has 3 N–H and O–H groups in total. The monoisotopic (exact) mass is 413 g/mol. The first-order chi connectivity index (χ1) is 12.9. The first kappa shape index (κ1) is 24.0. The second-order valence-corrected chi connectivity index (χ2v) is 8.79. The fourth-order valence-electron chi connectivity index (χ4n) is 2.15. The number of thiazole rings is 1. The molecule has 1 aromatic heterocycles. The molecule has 0 aromatic carbocycles. The molecule has 0 radical (unpaired) electrons. The highest BCUT2D eigenvalue weighted by Gasteiger charge is 2.32. The zero-order valence-electron chi connectivity index (χ0n) is 17.5. The number of hydrogen-bond acceptors (Lipinski definition) is 7. The van der Waals surface area contributed by atoms with E-state index in [0.29, 0.717) is 11.0 Å². The number of hydrogen-bond donors (Lipinski definition) is 3. The van der Waals surface area contributed by atoms with E-state index in [-0.39, 0.29) is 11.8 Å². The zero-order valence-corrected chi connectivity index (χ0v) is 18.3. The highest BCUT2D eigenvalue weighted by molar-refractivity contribution is 7.15. The van der Waals surface area contributed by atoms with Gasteiger partial charge < -0.3 is 20.5 Å². The van der Waals surface area contributed by atoms with Crippen LogP contribution in [0.3, 0.4) is 0 Å². The summed E-state index contributed by atoms with van der Waals surface area (Å²) in [7, 11) is 0. The lowest BCUT2D eigenvalue weighted by Crippen LogP contribution is -2.49. The molecule has 0 aliphatic heterocycles. The Bertz CT molecular complexity index is 687. The Morgan fingerprint density at radius 3 is 2.11 bits per heavy atom. The summed E-state index contributed by atoms with van der Waals surface area (Å²) in [5.41, 5.74) is 0. The van der Waals surface area contributed by atoms with Gasteiger partial charge in [0.25, 0.3) is 5.91 Å². The van der Waals surface area contributed by atoms with Crippen molar-refractivity contribution in [2.75, 3.05) is 5.32 Å². The van der Waals surface area contributed by atoms with Gasteiger partial charge in [0.1, 0.15) is 6.04 Å². The van der Waals surface area contributed by atoms with Crippen molar-refractivity contribution < 1.29 is 24.2 Å². The Kier molecular flexibility index (Phi) is 9.03. The van der Waals surface area contributed by atoms with Gasteiger partial charge in [-0.05, 0) is 24.7 Å². The third-order valence-corrected chi connectivity index (χ3v) is 5.27. The zero-order chi connectivity index (χ0) is 21.6.